The Hall–Kier alpha value is -0.920. The second-order valence-corrected chi connectivity index (χ2v) is 2.44. The number of allylic oxidation sites excluding steroid dienone is 2. The summed E-state index contributed by atoms with van der Waals surface area (Å²) in [4.78, 5) is 8.35. The van der Waals surface area contributed by atoms with Crippen LogP contribution < -0.4 is 0 Å². The van der Waals surface area contributed by atoms with Crippen LogP contribution in [0.5, 0.6) is 0 Å². The van der Waals surface area contributed by atoms with E-state index in [-0.39, 0.29) is 0 Å². The second-order valence-electron chi connectivity index (χ2n) is 2.44. The first-order valence-electron chi connectivity index (χ1n) is 3.73. The fourth-order valence-corrected chi connectivity index (χ4v) is 0.572. The summed E-state index contributed by atoms with van der Waals surface area (Å²) in [6, 6.07) is 0. The minimum atomic E-state index is 0.989. The minimum Gasteiger partial charge on any atom is -0.292 e. The Morgan fingerprint density at radius 1 is 1.09 bits per heavy atom. The molecule has 0 fully saturated rings. The van der Waals surface area contributed by atoms with Gasteiger partial charge in [0, 0.05) is 12.7 Å². The maximum Gasteiger partial charge on any atom is 0.0582 e. The Labute approximate surface area is 68.8 Å². The lowest BCUT2D eigenvalue weighted by atomic mass is 10.3. The fraction of sp³-hybridized carbons (Fsp3) is 0.556. The Bertz CT molecular complexity index is 210. The van der Waals surface area contributed by atoms with Gasteiger partial charge in [-0.25, -0.2) is 0 Å². The number of hydrogen-bond acceptors (Lipinski definition) is 2. The van der Waals surface area contributed by atoms with Crippen LogP contribution in [-0.4, -0.2) is 18.5 Å². The van der Waals surface area contributed by atoms with E-state index in [9.17, 15) is 0 Å². The molecule has 0 spiro atoms. The van der Waals surface area contributed by atoms with Gasteiger partial charge < -0.3 is 0 Å². The summed E-state index contributed by atoms with van der Waals surface area (Å²) in [6.07, 6.45) is 1.98. The van der Waals surface area contributed by atoms with E-state index in [1.807, 2.05) is 33.8 Å². The zero-order valence-electron chi connectivity index (χ0n) is 7.97. The zero-order valence-corrected chi connectivity index (χ0v) is 7.97. The molecule has 0 aromatic rings. The van der Waals surface area contributed by atoms with Crippen molar-refractivity contribution in [2.45, 2.75) is 27.7 Å². The van der Waals surface area contributed by atoms with Gasteiger partial charge in [0.05, 0.1) is 11.4 Å². The lowest BCUT2D eigenvalue weighted by molar-refractivity contribution is 1.28. The van der Waals surface area contributed by atoms with Crippen molar-refractivity contribution in [1.29, 1.82) is 0 Å². The van der Waals surface area contributed by atoms with Crippen molar-refractivity contribution in [2.24, 2.45) is 9.98 Å². The van der Waals surface area contributed by atoms with Gasteiger partial charge in [-0.2, -0.15) is 0 Å². The van der Waals surface area contributed by atoms with Crippen LogP contribution in [-0.2, 0) is 0 Å². The average Bonchev–Trinajstić information content (AvgIpc) is 2.02. The third kappa shape index (κ3) is 3.71. The Kier molecular flexibility index (Phi) is 4.42. The molecule has 0 bridgehead atoms. The number of rotatable bonds is 2. The maximum atomic E-state index is 4.31. The predicted molar refractivity (Wildman–Crippen MR) is 51.6 cm³/mol. The number of hydrogen-bond donors (Lipinski definition) is 0. The molecule has 2 heteroatoms. The maximum absolute atomic E-state index is 4.31. The van der Waals surface area contributed by atoms with E-state index in [0.29, 0.717) is 0 Å². The predicted octanol–water partition coefficient (Wildman–Crippen LogP) is 2.46. The van der Waals surface area contributed by atoms with Crippen LogP contribution in [0.1, 0.15) is 27.7 Å². The SMILES string of the molecule is C/C=C(\C)N=C(C)C(C)=NC. The molecule has 0 radical (unpaired) electrons. The standard InChI is InChI=1S/C9H16N2/c1-6-7(2)11-9(4)8(3)10-5/h6H,1-5H3/b7-6+,10-8?,11-9?. The van der Waals surface area contributed by atoms with Crippen LogP contribution in [0.15, 0.2) is 21.8 Å². The Morgan fingerprint density at radius 2 is 1.64 bits per heavy atom. The van der Waals surface area contributed by atoms with Gasteiger partial charge in [-0.3, -0.25) is 9.98 Å². The van der Waals surface area contributed by atoms with Crippen molar-refractivity contribution < 1.29 is 0 Å². The molecule has 0 heterocycles. The molecule has 0 unspecified atom stereocenters. The smallest absolute Gasteiger partial charge is 0.0582 e. The first kappa shape index (κ1) is 10.1. The largest absolute Gasteiger partial charge is 0.292 e. The molecular formula is C9H16N2. The number of aliphatic imine (C=N–C) groups is 2. The van der Waals surface area contributed by atoms with Crippen LogP contribution in [0.4, 0.5) is 0 Å². The van der Waals surface area contributed by atoms with Crippen LogP contribution in [0.3, 0.4) is 0 Å². The van der Waals surface area contributed by atoms with Crippen molar-refractivity contribution in [2.75, 3.05) is 7.05 Å². The molecule has 0 rings (SSSR count). The van der Waals surface area contributed by atoms with Gasteiger partial charge in [0.1, 0.15) is 0 Å². The third-order valence-electron chi connectivity index (χ3n) is 1.62. The Morgan fingerprint density at radius 3 is 2.00 bits per heavy atom. The van der Waals surface area contributed by atoms with Gasteiger partial charge in [-0.05, 0) is 27.7 Å². The molecule has 0 saturated heterocycles. The average molecular weight is 152 g/mol. The van der Waals surface area contributed by atoms with Crippen molar-refractivity contribution in [1.82, 2.24) is 0 Å². The number of nitrogens with zero attached hydrogens (tertiary/aromatic N) is 2. The molecule has 0 atom stereocenters. The highest BCUT2D eigenvalue weighted by Gasteiger charge is 1.93. The van der Waals surface area contributed by atoms with Crippen molar-refractivity contribution >= 4 is 11.4 Å². The van der Waals surface area contributed by atoms with E-state index in [1.165, 1.54) is 0 Å². The quantitative estimate of drug-likeness (QED) is 0.543. The summed E-state index contributed by atoms with van der Waals surface area (Å²) in [7, 11) is 1.78. The first-order chi connectivity index (χ1) is 5.11. The highest BCUT2D eigenvalue weighted by molar-refractivity contribution is 6.40. The van der Waals surface area contributed by atoms with Gasteiger partial charge in [-0.15, -0.1) is 0 Å². The lowest BCUT2D eigenvalue weighted by Crippen LogP contribution is -2.04. The van der Waals surface area contributed by atoms with E-state index in [4.69, 9.17) is 0 Å². The zero-order chi connectivity index (χ0) is 8.85. The van der Waals surface area contributed by atoms with Crippen LogP contribution in [0.2, 0.25) is 0 Å². The van der Waals surface area contributed by atoms with E-state index in [1.54, 1.807) is 7.05 Å². The van der Waals surface area contributed by atoms with Crippen LogP contribution in [0.25, 0.3) is 0 Å². The highest BCUT2D eigenvalue weighted by atomic mass is 14.8. The van der Waals surface area contributed by atoms with Crippen LogP contribution >= 0.6 is 0 Å². The molecule has 0 aromatic carbocycles. The summed E-state index contributed by atoms with van der Waals surface area (Å²) >= 11 is 0. The summed E-state index contributed by atoms with van der Waals surface area (Å²) in [5.74, 6) is 0. The van der Waals surface area contributed by atoms with E-state index in [0.717, 1.165) is 17.1 Å². The molecule has 0 aromatic heterocycles. The molecule has 0 amide bonds. The van der Waals surface area contributed by atoms with Crippen molar-refractivity contribution in [3.8, 4) is 0 Å². The molecule has 0 saturated carbocycles. The molecule has 0 aliphatic carbocycles. The molecule has 62 valence electrons. The van der Waals surface area contributed by atoms with Gasteiger partial charge in [0.25, 0.3) is 0 Å². The topological polar surface area (TPSA) is 24.7 Å². The summed E-state index contributed by atoms with van der Waals surface area (Å²) < 4.78 is 0. The van der Waals surface area contributed by atoms with E-state index < -0.39 is 0 Å². The van der Waals surface area contributed by atoms with E-state index in [2.05, 4.69) is 9.98 Å². The first-order valence-corrected chi connectivity index (χ1v) is 3.73. The normalized spacial score (nSPS) is 15.5. The molecule has 0 aliphatic heterocycles. The second kappa shape index (κ2) is 4.83. The fourth-order valence-electron chi connectivity index (χ4n) is 0.572. The van der Waals surface area contributed by atoms with Crippen molar-refractivity contribution in [3.05, 3.63) is 11.8 Å². The highest BCUT2D eigenvalue weighted by Crippen LogP contribution is 1.95. The molecular weight excluding hydrogens is 136 g/mol. The molecule has 2 nitrogen and oxygen atoms in total. The molecule has 0 N–H and O–H groups in total. The van der Waals surface area contributed by atoms with E-state index >= 15 is 0 Å². The van der Waals surface area contributed by atoms with Gasteiger partial charge in [0.2, 0.25) is 0 Å². The Balaban J connectivity index is 4.47. The lowest BCUT2D eigenvalue weighted by Gasteiger charge is -1.97. The van der Waals surface area contributed by atoms with Gasteiger partial charge in [-0.1, -0.05) is 6.08 Å². The minimum absolute atomic E-state index is 0.989. The summed E-state index contributed by atoms with van der Waals surface area (Å²) in [6.45, 7) is 7.88. The molecule has 0 aliphatic rings. The van der Waals surface area contributed by atoms with Gasteiger partial charge >= 0.3 is 0 Å². The monoisotopic (exact) mass is 152 g/mol. The molecule has 11 heavy (non-hydrogen) atoms. The van der Waals surface area contributed by atoms with Crippen LogP contribution in [0, 0.1) is 0 Å². The summed E-state index contributed by atoms with van der Waals surface area (Å²) in [5.41, 5.74) is 3.01. The third-order valence-corrected chi connectivity index (χ3v) is 1.62. The van der Waals surface area contributed by atoms with Gasteiger partial charge in [0.15, 0.2) is 0 Å². The van der Waals surface area contributed by atoms with Crippen molar-refractivity contribution in [3.63, 3.8) is 0 Å². The summed E-state index contributed by atoms with van der Waals surface area (Å²) in [5, 5.41) is 0.